The van der Waals surface area contributed by atoms with E-state index in [1.807, 2.05) is 0 Å². The van der Waals surface area contributed by atoms with Crippen molar-refractivity contribution in [3.05, 3.63) is 58.1 Å². The van der Waals surface area contributed by atoms with E-state index in [-0.39, 0.29) is 24.4 Å². The van der Waals surface area contributed by atoms with Crippen LogP contribution in [0.5, 0.6) is 0 Å². The molecule has 2 aliphatic heterocycles. The highest BCUT2D eigenvalue weighted by molar-refractivity contribution is 7.48. The molecule has 4 rings (SSSR count). The summed E-state index contributed by atoms with van der Waals surface area (Å²) in [6.45, 7) is 1.02. The molecule has 2 saturated heterocycles. The lowest BCUT2D eigenvalue weighted by Gasteiger charge is -2.31. The Bertz CT molecular complexity index is 1110. The molecular formula is C18H20F2N3O8P. The number of ether oxygens (including phenoxy) is 1. The topological polar surface area (TPSA) is 155 Å². The maximum Gasteiger partial charge on any atom is 0.477 e. The third-order valence-corrected chi connectivity index (χ3v) is 6.58. The minimum atomic E-state index is -4.41. The lowest BCUT2D eigenvalue weighted by molar-refractivity contribution is -0.146. The Balaban J connectivity index is 1.55. The molecule has 4 N–H and O–H groups in total. The first-order valence-electron chi connectivity index (χ1n) is 9.46. The van der Waals surface area contributed by atoms with Crippen molar-refractivity contribution in [2.75, 3.05) is 12.3 Å². The van der Waals surface area contributed by atoms with Gasteiger partial charge in [0, 0.05) is 18.7 Å². The zero-order valence-corrected chi connectivity index (χ0v) is 17.5. The molecule has 3 heterocycles. The van der Waals surface area contributed by atoms with Crippen LogP contribution < -0.4 is 11.4 Å². The molecule has 2 aliphatic rings. The van der Waals surface area contributed by atoms with Crippen LogP contribution in [0.4, 0.5) is 14.6 Å². The van der Waals surface area contributed by atoms with Crippen molar-refractivity contribution in [1.29, 1.82) is 0 Å². The third-order valence-electron chi connectivity index (χ3n) is 5.10. The Hall–Kier alpha value is -2.25. The molecular weight excluding hydrogens is 455 g/mol. The molecule has 32 heavy (non-hydrogen) atoms. The van der Waals surface area contributed by atoms with Crippen LogP contribution in [-0.2, 0) is 22.9 Å². The summed E-state index contributed by atoms with van der Waals surface area (Å²) in [4.78, 5) is 15.7. The van der Waals surface area contributed by atoms with E-state index < -0.39 is 55.5 Å². The number of nitrogens with zero attached hydrogens (tertiary/aromatic N) is 2. The van der Waals surface area contributed by atoms with Gasteiger partial charge in [0.25, 0.3) is 0 Å². The van der Waals surface area contributed by atoms with Crippen molar-refractivity contribution in [1.82, 2.24) is 9.55 Å². The number of benzene rings is 1. The summed E-state index contributed by atoms with van der Waals surface area (Å²) < 4.78 is 62.1. The van der Waals surface area contributed by atoms with Gasteiger partial charge in [-0.2, -0.15) is 4.98 Å². The fourth-order valence-electron chi connectivity index (χ4n) is 3.48. The highest BCUT2D eigenvalue weighted by Crippen LogP contribution is 2.59. The van der Waals surface area contributed by atoms with Gasteiger partial charge in [0.15, 0.2) is 6.23 Å². The number of nitrogen functional groups attached to an aromatic ring is 1. The quantitative estimate of drug-likeness (QED) is 0.552. The summed E-state index contributed by atoms with van der Waals surface area (Å²) in [5.74, 6) is -1.76. The average molecular weight is 475 g/mol. The summed E-state index contributed by atoms with van der Waals surface area (Å²) >= 11 is 0. The number of hydrogen-bond acceptors (Lipinski definition) is 10. The third kappa shape index (κ3) is 4.33. The summed E-state index contributed by atoms with van der Waals surface area (Å²) in [6, 6.07) is 3.99. The predicted molar refractivity (Wildman–Crippen MR) is 103 cm³/mol. The van der Waals surface area contributed by atoms with Gasteiger partial charge in [-0.3, -0.25) is 18.1 Å². The van der Waals surface area contributed by atoms with Crippen LogP contribution in [-0.4, -0.2) is 44.4 Å². The van der Waals surface area contributed by atoms with E-state index >= 15 is 0 Å². The summed E-state index contributed by atoms with van der Waals surface area (Å²) in [5, 5.41) is 21.2. The van der Waals surface area contributed by atoms with Crippen LogP contribution >= 0.6 is 7.82 Å². The molecule has 0 bridgehead atoms. The lowest BCUT2D eigenvalue weighted by atomic mass is 9.99. The van der Waals surface area contributed by atoms with Crippen molar-refractivity contribution in [2.45, 2.75) is 43.7 Å². The molecule has 1 aromatic heterocycles. The molecule has 174 valence electrons. The molecule has 2 aromatic rings. The number of hydrogen-bond donors (Lipinski definition) is 3. The maximum atomic E-state index is 13.6. The Labute approximate surface area is 179 Å². The number of rotatable bonds is 4. The fraction of sp³-hybridized carbons (Fsp3) is 0.444. The van der Waals surface area contributed by atoms with Crippen LogP contribution in [0.25, 0.3) is 0 Å². The highest BCUT2D eigenvalue weighted by atomic mass is 31.2. The molecule has 6 atom stereocenters. The predicted octanol–water partition coefficient (Wildman–Crippen LogP) is 1.37. The van der Waals surface area contributed by atoms with Gasteiger partial charge in [0.2, 0.25) is 6.29 Å². The first-order chi connectivity index (χ1) is 15.0. The number of halogens is 2. The molecule has 0 amide bonds. The van der Waals surface area contributed by atoms with Crippen LogP contribution in [0.2, 0.25) is 0 Å². The number of aliphatic hydroxyl groups excluding tert-OH is 1. The van der Waals surface area contributed by atoms with E-state index in [1.54, 1.807) is 0 Å². The van der Waals surface area contributed by atoms with E-state index in [9.17, 15) is 28.4 Å². The van der Waals surface area contributed by atoms with Crippen molar-refractivity contribution in [2.24, 2.45) is 0 Å². The van der Waals surface area contributed by atoms with E-state index in [0.717, 1.165) is 16.7 Å². The van der Waals surface area contributed by atoms with Gasteiger partial charge < -0.3 is 20.7 Å². The summed E-state index contributed by atoms with van der Waals surface area (Å²) in [7, 11) is -4.41. The van der Waals surface area contributed by atoms with E-state index in [2.05, 4.69) is 4.98 Å². The molecule has 2 fully saturated rings. The second-order valence-electron chi connectivity index (χ2n) is 7.54. The number of aliphatic hydroxyl groups is 2. The number of phosphoric acid groups is 1. The molecule has 0 saturated carbocycles. The number of phosphoric ester groups is 1. The maximum absolute atomic E-state index is 13.6. The van der Waals surface area contributed by atoms with Gasteiger partial charge in [-0.25, -0.2) is 18.1 Å². The SMILES string of the molecule is C[C@@]1(O)[C@H](O)C(O[P@]2(=O)OCC[C@H](c3cc(F)cc(F)c3)O2)O[C@H]1n1ccc(N)nc1=O. The molecule has 14 heteroatoms. The van der Waals surface area contributed by atoms with E-state index in [1.165, 1.54) is 19.2 Å². The first-order valence-corrected chi connectivity index (χ1v) is 10.9. The Morgan fingerprint density at radius 1 is 1.34 bits per heavy atom. The van der Waals surface area contributed by atoms with Crippen LogP contribution in [0.1, 0.15) is 31.2 Å². The van der Waals surface area contributed by atoms with Gasteiger partial charge in [-0.1, -0.05) is 0 Å². The van der Waals surface area contributed by atoms with Crippen LogP contribution in [0, 0.1) is 11.6 Å². The van der Waals surface area contributed by atoms with Crippen molar-refractivity contribution >= 4 is 13.6 Å². The summed E-state index contributed by atoms with van der Waals surface area (Å²) in [5.41, 5.74) is 2.58. The first kappa shape index (κ1) is 22.9. The zero-order valence-electron chi connectivity index (χ0n) is 16.6. The minimum Gasteiger partial charge on any atom is -0.385 e. The largest absolute Gasteiger partial charge is 0.477 e. The number of nitrogens with two attached hydrogens (primary N) is 1. The van der Waals surface area contributed by atoms with Crippen LogP contribution in [0.15, 0.2) is 35.3 Å². The Morgan fingerprint density at radius 2 is 2.03 bits per heavy atom. The normalized spacial score (nSPS) is 35.2. The molecule has 0 spiro atoms. The smallest absolute Gasteiger partial charge is 0.385 e. The molecule has 0 radical (unpaired) electrons. The van der Waals surface area contributed by atoms with Gasteiger partial charge in [0.1, 0.15) is 29.2 Å². The van der Waals surface area contributed by atoms with Gasteiger partial charge >= 0.3 is 13.5 Å². The zero-order chi connectivity index (χ0) is 23.3. The number of anilines is 1. The second-order valence-corrected chi connectivity index (χ2v) is 9.12. The summed E-state index contributed by atoms with van der Waals surface area (Å²) in [6.07, 6.45) is -4.72. The fourth-order valence-corrected chi connectivity index (χ4v) is 4.94. The van der Waals surface area contributed by atoms with Crippen molar-refractivity contribution < 1.29 is 41.9 Å². The van der Waals surface area contributed by atoms with Crippen LogP contribution in [0.3, 0.4) is 0 Å². The molecule has 1 aromatic carbocycles. The van der Waals surface area contributed by atoms with E-state index in [0.29, 0.717) is 6.07 Å². The molecule has 11 nitrogen and oxygen atoms in total. The van der Waals surface area contributed by atoms with E-state index in [4.69, 9.17) is 24.0 Å². The number of aromatic nitrogens is 2. The van der Waals surface area contributed by atoms with Gasteiger partial charge in [-0.05, 0) is 30.7 Å². The Morgan fingerprint density at radius 3 is 2.69 bits per heavy atom. The Kier molecular flexibility index (Phi) is 5.92. The monoisotopic (exact) mass is 475 g/mol. The highest BCUT2D eigenvalue weighted by Gasteiger charge is 2.57. The van der Waals surface area contributed by atoms with Crippen molar-refractivity contribution in [3.8, 4) is 0 Å². The van der Waals surface area contributed by atoms with Gasteiger partial charge in [0.05, 0.1) is 12.7 Å². The molecule has 0 aliphatic carbocycles. The lowest BCUT2D eigenvalue weighted by Crippen LogP contribution is -2.46. The average Bonchev–Trinajstić information content (AvgIpc) is 2.90. The second kappa shape index (κ2) is 8.27. The van der Waals surface area contributed by atoms with Crippen molar-refractivity contribution in [3.63, 3.8) is 0 Å². The minimum absolute atomic E-state index is 0.0643. The standard InChI is InChI=1S/C18H20F2N3O8P/c1-18(26)14(24)15(29-16(18)23-4-2-13(21)22-17(23)25)31-32(27)28-5-3-12(30-32)9-6-10(19)8-11(20)7-9/h2,4,6-8,12,14-16,24,26H,3,5H2,1H3,(H2,21,22,25)/t12-,14-,15?,16-,18-,32-/m1/s1. The molecule has 1 unspecified atom stereocenters. The van der Waals surface area contributed by atoms with Gasteiger partial charge in [-0.15, -0.1) is 0 Å².